The molecular weight excluding hydrogens is 326 g/mol. The Labute approximate surface area is 132 Å². The maximum absolute atomic E-state index is 12.6. The molecule has 0 aliphatic carbocycles. The second-order valence-corrected chi connectivity index (χ2v) is 8.64. The highest BCUT2D eigenvalue weighted by molar-refractivity contribution is 7.91. The van der Waals surface area contributed by atoms with Crippen molar-refractivity contribution < 1.29 is 18.6 Å². The minimum atomic E-state index is -3.50. The fraction of sp³-hybridized carbons (Fsp3) is 0.462. The highest BCUT2D eigenvalue weighted by atomic mass is 32.2. The Bertz CT molecular complexity index is 781. The van der Waals surface area contributed by atoms with Gasteiger partial charge in [0.25, 0.3) is 10.0 Å². The highest BCUT2D eigenvalue weighted by Gasteiger charge is 2.30. The van der Waals surface area contributed by atoms with Crippen LogP contribution >= 0.6 is 11.3 Å². The van der Waals surface area contributed by atoms with Gasteiger partial charge < -0.3 is 10.2 Å². The number of rotatable bonds is 4. The number of aliphatic hydroxyl groups excluding tert-OH is 2. The van der Waals surface area contributed by atoms with Gasteiger partial charge in [-0.3, -0.25) is 4.68 Å². The van der Waals surface area contributed by atoms with E-state index in [0.29, 0.717) is 28.7 Å². The molecule has 1 aliphatic heterocycles. The van der Waals surface area contributed by atoms with Crippen LogP contribution < -0.4 is 0 Å². The van der Waals surface area contributed by atoms with Gasteiger partial charge in [0, 0.05) is 11.4 Å². The van der Waals surface area contributed by atoms with Crippen LogP contribution in [0, 0.1) is 6.92 Å². The minimum Gasteiger partial charge on any atom is -0.393 e. The van der Waals surface area contributed by atoms with Crippen LogP contribution in [-0.2, 0) is 23.1 Å². The van der Waals surface area contributed by atoms with Crippen LogP contribution in [0.25, 0.3) is 0 Å². The lowest BCUT2D eigenvalue weighted by Gasteiger charge is -2.26. The predicted molar refractivity (Wildman–Crippen MR) is 80.9 cm³/mol. The summed E-state index contributed by atoms with van der Waals surface area (Å²) >= 11 is 1.26. The molecule has 9 heteroatoms. The summed E-state index contributed by atoms with van der Waals surface area (Å²) in [5.41, 5.74) is 1.08. The summed E-state index contributed by atoms with van der Waals surface area (Å²) in [6.07, 6.45) is -1.04. The van der Waals surface area contributed by atoms with Crippen molar-refractivity contribution in [3.63, 3.8) is 0 Å². The number of fused-ring (bicyclic) bond motifs is 1. The zero-order valence-corrected chi connectivity index (χ0v) is 13.6. The monoisotopic (exact) mass is 343 g/mol. The molecule has 0 saturated heterocycles. The lowest BCUT2D eigenvalue weighted by molar-refractivity contribution is 0.0916. The van der Waals surface area contributed by atoms with Crippen molar-refractivity contribution >= 4 is 21.4 Å². The van der Waals surface area contributed by atoms with Gasteiger partial charge in [0.1, 0.15) is 10.3 Å². The van der Waals surface area contributed by atoms with Gasteiger partial charge in [-0.2, -0.15) is 9.40 Å². The molecule has 7 nitrogen and oxygen atoms in total. The Kier molecular flexibility index (Phi) is 4.08. The second-order valence-electron chi connectivity index (χ2n) is 5.19. The number of hydrogen-bond acceptors (Lipinski definition) is 6. The Hall–Kier alpha value is -1.26. The van der Waals surface area contributed by atoms with E-state index in [1.54, 1.807) is 22.9 Å². The van der Waals surface area contributed by atoms with Crippen molar-refractivity contribution in [1.29, 1.82) is 0 Å². The standard InChI is InChI=1S/C13H17N3O4S2/c1-9-2-3-13(21-9)22(19,20)15-4-5-16-10(7-15)6-11(14-16)12(18)8-17/h2-3,6,12,17-18H,4-5,7-8H2,1H3/t12-/m0/s1. The van der Waals surface area contributed by atoms with Crippen LogP contribution in [-0.4, -0.2) is 45.9 Å². The van der Waals surface area contributed by atoms with Crippen molar-refractivity contribution in [2.45, 2.75) is 30.3 Å². The Morgan fingerprint density at radius 2 is 2.18 bits per heavy atom. The maximum Gasteiger partial charge on any atom is 0.252 e. The number of aromatic nitrogens is 2. The smallest absolute Gasteiger partial charge is 0.252 e. The van der Waals surface area contributed by atoms with Crippen molar-refractivity contribution in [1.82, 2.24) is 14.1 Å². The van der Waals surface area contributed by atoms with Crippen molar-refractivity contribution in [3.05, 3.63) is 34.5 Å². The molecule has 0 amide bonds. The first kappa shape index (κ1) is 15.6. The van der Waals surface area contributed by atoms with Crippen molar-refractivity contribution in [3.8, 4) is 0 Å². The molecule has 1 aliphatic rings. The van der Waals surface area contributed by atoms with E-state index in [2.05, 4.69) is 5.10 Å². The van der Waals surface area contributed by atoms with E-state index >= 15 is 0 Å². The van der Waals surface area contributed by atoms with E-state index in [0.717, 1.165) is 4.88 Å². The Morgan fingerprint density at radius 1 is 1.41 bits per heavy atom. The third-order valence-electron chi connectivity index (χ3n) is 3.61. The molecule has 22 heavy (non-hydrogen) atoms. The Balaban J connectivity index is 1.86. The van der Waals surface area contributed by atoms with E-state index < -0.39 is 22.7 Å². The van der Waals surface area contributed by atoms with Crippen molar-refractivity contribution in [2.24, 2.45) is 0 Å². The third kappa shape index (κ3) is 2.70. The summed E-state index contributed by atoms with van der Waals surface area (Å²) in [6.45, 7) is 2.44. The average molecular weight is 343 g/mol. The largest absolute Gasteiger partial charge is 0.393 e. The number of aryl methyl sites for hydroxylation is 1. The number of thiophene rings is 1. The van der Waals surface area contributed by atoms with Crippen LogP contribution in [0.3, 0.4) is 0 Å². The predicted octanol–water partition coefficient (Wildman–Crippen LogP) is 0.483. The van der Waals surface area contributed by atoms with Crippen LogP contribution in [0.15, 0.2) is 22.4 Å². The summed E-state index contributed by atoms with van der Waals surface area (Å²) in [5, 5.41) is 22.8. The quantitative estimate of drug-likeness (QED) is 0.842. The van der Waals surface area contributed by atoms with E-state index in [-0.39, 0.29) is 6.54 Å². The lowest BCUT2D eigenvalue weighted by Crippen LogP contribution is -2.38. The SMILES string of the molecule is Cc1ccc(S(=O)(=O)N2CCn3nc([C@@H](O)CO)cc3C2)s1. The summed E-state index contributed by atoms with van der Waals surface area (Å²) < 4.78 is 28.7. The van der Waals surface area contributed by atoms with Gasteiger partial charge in [-0.05, 0) is 25.1 Å². The van der Waals surface area contributed by atoms with E-state index in [1.807, 2.05) is 6.92 Å². The first-order valence-electron chi connectivity index (χ1n) is 6.84. The van der Waals surface area contributed by atoms with Gasteiger partial charge in [0.05, 0.1) is 31.1 Å². The van der Waals surface area contributed by atoms with Gasteiger partial charge in [-0.25, -0.2) is 8.42 Å². The molecule has 2 aromatic heterocycles. The second kappa shape index (κ2) is 5.74. The average Bonchev–Trinajstić information content (AvgIpc) is 3.11. The van der Waals surface area contributed by atoms with Crippen LogP contribution in [0.5, 0.6) is 0 Å². The van der Waals surface area contributed by atoms with Crippen LogP contribution in [0.4, 0.5) is 0 Å². The van der Waals surface area contributed by atoms with Gasteiger partial charge in [0.2, 0.25) is 0 Å². The molecule has 120 valence electrons. The minimum absolute atomic E-state index is 0.213. The third-order valence-corrected chi connectivity index (χ3v) is 6.92. The molecule has 0 aromatic carbocycles. The van der Waals surface area contributed by atoms with Gasteiger partial charge >= 0.3 is 0 Å². The van der Waals surface area contributed by atoms with Crippen LogP contribution in [0.2, 0.25) is 0 Å². The van der Waals surface area contributed by atoms with Gasteiger partial charge in [-0.15, -0.1) is 11.3 Å². The molecule has 3 heterocycles. The molecule has 3 rings (SSSR count). The van der Waals surface area contributed by atoms with Crippen molar-refractivity contribution in [2.75, 3.05) is 13.2 Å². The van der Waals surface area contributed by atoms with E-state index in [4.69, 9.17) is 5.11 Å². The number of aliphatic hydroxyl groups is 2. The summed E-state index contributed by atoms with van der Waals surface area (Å²) in [4.78, 5) is 0.953. The highest BCUT2D eigenvalue weighted by Crippen LogP contribution is 2.27. The van der Waals surface area contributed by atoms with Gasteiger partial charge in [-0.1, -0.05) is 0 Å². The van der Waals surface area contributed by atoms with Crippen LogP contribution in [0.1, 0.15) is 22.4 Å². The summed E-state index contributed by atoms with van der Waals surface area (Å²) in [5.74, 6) is 0. The molecule has 1 atom stereocenters. The zero-order chi connectivity index (χ0) is 15.9. The zero-order valence-electron chi connectivity index (χ0n) is 12.0. The topological polar surface area (TPSA) is 95.7 Å². The molecular formula is C13H17N3O4S2. The number of nitrogens with zero attached hydrogens (tertiary/aromatic N) is 3. The molecule has 2 N–H and O–H groups in total. The maximum atomic E-state index is 12.6. The van der Waals surface area contributed by atoms with Gasteiger partial charge in [0.15, 0.2) is 0 Å². The molecule has 0 bridgehead atoms. The first-order valence-corrected chi connectivity index (χ1v) is 9.09. The molecule has 2 aromatic rings. The molecule has 0 unspecified atom stereocenters. The Morgan fingerprint density at radius 3 is 2.82 bits per heavy atom. The number of sulfonamides is 1. The lowest BCUT2D eigenvalue weighted by atomic mass is 10.2. The molecule has 0 radical (unpaired) electrons. The fourth-order valence-corrected chi connectivity index (χ4v) is 5.24. The normalized spacial score (nSPS) is 17.4. The summed E-state index contributed by atoms with van der Waals surface area (Å²) in [7, 11) is -3.50. The fourth-order valence-electron chi connectivity index (χ4n) is 2.40. The van der Waals surface area contributed by atoms with E-state index in [9.17, 15) is 13.5 Å². The van der Waals surface area contributed by atoms with E-state index in [1.165, 1.54) is 15.6 Å². The molecule has 0 fully saturated rings. The summed E-state index contributed by atoms with van der Waals surface area (Å²) in [6, 6.07) is 5.06. The first-order chi connectivity index (χ1) is 10.4. The number of hydrogen-bond donors (Lipinski definition) is 2. The molecule has 0 spiro atoms. The molecule has 0 saturated carbocycles.